The minimum absolute atomic E-state index is 0.0357. The van der Waals surface area contributed by atoms with E-state index in [9.17, 15) is 9.59 Å². The largest absolute Gasteiger partial charge is 0.366 e. The number of nitrogens with zero attached hydrogens (tertiary/aromatic N) is 1. The van der Waals surface area contributed by atoms with Crippen molar-refractivity contribution in [3.8, 4) is 0 Å². The van der Waals surface area contributed by atoms with E-state index in [1.165, 1.54) is 0 Å². The molecule has 0 atom stereocenters. The molecule has 0 radical (unpaired) electrons. The van der Waals surface area contributed by atoms with Crippen molar-refractivity contribution in [1.29, 1.82) is 0 Å². The lowest BCUT2D eigenvalue weighted by molar-refractivity contribution is -0.132. The molecule has 1 aliphatic heterocycles. The highest BCUT2D eigenvalue weighted by Gasteiger charge is 2.37. The quantitative estimate of drug-likeness (QED) is 0.543. The summed E-state index contributed by atoms with van der Waals surface area (Å²) in [6, 6.07) is 0. The van der Waals surface area contributed by atoms with E-state index in [0.717, 1.165) is 0 Å². The maximum Gasteiger partial charge on any atom is 0.245 e. The van der Waals surface area contributed by atoms with E-state index in [1.54, 1.807) is 4.90 Å². The number of amides is 2. The minimum atomic E-state index is -0.957. The smallest absolute Gasteiger partial charge is 0.245 e. The minimum Gasteiger partial charge on any atom is -0.366 e. The Hall–Kier alpha value is -1.08. The summed E-state index contributed by atoms with van der Waals surface area (Å²) in [5.41, 5.74) is 0. The third kappa shape index (κ3) is 2.53. The Kier molecular flexibility index (Phi) is 4.31. The monoisotopic (exact) mass is 259 g/mol. The standard InChI is InChI=1S/C9H13N3O2S2/c1-3-12(4-2)8(15)5-6(13)10-9(16)11-7(5)14/h5H,3-4H2,1-2H3,(H2,10,11,13,14,16). The first kappa shape index (κ1) is 13.0. The molecule has 16 heavy (non-hydrogen) atoms. The summed E-state index contributed by atoms with van der Waals surface area (Å²) >= 11 is 9.85. The molecule has 0 aromatic heterocycles. The highest BCUT2D eigenvalue weighted by Crippen LogP contribution is 2.09. The Labute approximate surface area is 105 Å². The molecular formula is C9H13N3O2S2. The molecule has 2 amide bonds. The van der Waals surface area contributed by atoms with Gasteiger partial charge in [0.2, 0.25) is 11.8 Å². The molecule has 0 aliphatic carbocycles. The number of thiocarbonyl (C=S) groups is 2. The Morgan fingerprint density at radius 3 is 2.06 bits per heavy atom. The maximum absolute atomic E-state index is 11.6. The summed E-state index contributed by atoms with van der Waals surface area (Å²) in [4.78, 5) is 25.4. The second-order valence-corrected chi connectivity index (χ2v) is 4.08. The van der Waals surface area contributed by atoms with Gasteiger partial charge in [0.1, 0.15) is 4.99 Å². The fraction of sp³-hybridized carbons (Fsp3) is 0.556. The topological polar surface area (TPSA) is 61.4 Å². The van der Waals surface area contributed by atoms with Gasteiger partial charge in [0, 0.05) is 13.1 Å². The number of carbonyl (C=O) groups excluding carboxylic acids is 2. The Balaban J connectivity index is 2.86. The first-order chi connectivity index (χ1) is 7.51. The van der Waals surface area contributed by atoms with Gasteiger partial charge in [-0.05, 0) is 26.1 Å². The molecule has 0 bridgehead atoms. The summed E-state index contributed by atoms with van der Waals surface area (Å²) in [6.45, 7) is 5.16. The Bertz CT molecular complexity index is 333. The van der Waals surface area contributed by atoms with Crippen molar-refractivity contribution in [3.63, 3.8) is 0 Å². The molecule has 1 rings (SSSR count). The van der Waals surface area contributed by atoms with Gasteiger partial charge < -0.3 is 15.5 Å². The highest BCUT2D eigenvalue weighted by atomic mass is 32.1. The third-order valence-corrected chi connectivity index (χ3v) is 3.02. The SMILES string of the molecule is CCN(CC)C(=S)C1C(=O)NC(=S)NC1=O. The summed E-state index contributed by atoms with van der Waals surface area (Å²) in [7, 11) is 0. The van der Waals surface area contributed by atoms with E-state index in [0.29, 0.717) is 18.1 Å². The first-order valence-corrected chi connectivity index (χ1v) is 5.77. The zero-order chi connectivity index (χ0) is 12.3. The second-order valence-electron chi connectivity index (χ2n) is 3.25. The van der Waals surface area contributed by atoms with Crippen molar-refractivity contribution in [1.82, 2.24) is 15.5 Å². The number of hydrogen-bond acceptors (Lipinski definition) is 4. The van der Waals surface area contributed by atoms with Crippen LogP contribution in [0, 0.1) is 5.92 Å². The van der Waals surface area contributed by atoms with Gasteiger partial charge >= 0.3 is 0 Å². The summed E-state index contributed by atoms with van der Waals surface area (Å²) in [5.74, 6) is -1.86. The van der Waals surface area contributed by atoms with Crippen LogP contribution in [0.4, 0.5) is 0 Å². The second kappa shape index (κ2) is 5.31. The van der Waals surface area contributed by atoms with Crippen LogP contribution >= 0.6 is 24.4 Å². The van der Waals surface area contributed by atoms with Gasteiger partial charge in [-0.3, -0.25) is 9.59 Å². The van der Waals surface area contributed by atoms with E-state index in [4.69, 9.17) is 24.4 Å². The zero-order valence-corrected chi connectivity index (χ0v) is 10.7. The Morgan fingerprint density at radius 2 is 1.69 bits per heavy atom. The van der Waals surface area contributed by atoms with Gasteiger partial charge in [0.15, 0.2) is 11.0 Å². The lowest BCUT2D eigenvalue weighted by Crippen LogP contribution is -2.59. The summed E-state index contributed by atoms with van der Waals surface area (Å²) in [6.07, 6.45) is 0. The van der Waals surface area contributed by atoms with Crippen molar-refractivity contribution in [2.75, 3.05) is 13.1 Å². The van der Waals surface area contributed by atoms with Gasteiger partial charge in [-0.2, -0.15) is 0 Å². The average Bonchev–Trinajstić information content (AvgIpc) is 2.17. The highest BCUT2D eigenvalue weighted by molar-refractivity contribution is 7.80. The van der Waals surface area contributed by atoms with Crippen LogP contribution in [0.5, 0.6) is 0 Å². The lowest BCUT2D eigenvalue weighted by Gasteiger charge is -2.29. The predicted octanol–water partition coefficient (Wildman–Crippen LogP) is -0.197. The van der Waals surface area contributed by atoms with Crippen LogP contribution < -0.4 is 10.6 Å². The number of rotatable bonds is 3. The van der Waals surface area contributed by atoms with Gasteiger partial charge in [-0.15, -0.1) is 0 Å². The van der Waals surface area contributed by atoms with Crippen molar-refractivity contribution >= 4 is 46.4 Å². The van der Waals surface area contributed by atoms with Crippen LogP contribution in [-0.2, 0) is 9.59 Å². The van der Waals surface area contributed by atoms with Crippen molar-refractivity contribution in [2.24, 2.45) is 5.92 Å². The lowest BCUT2D eigenvalue weighted by atomic mass is 10.1. The summed E-state index contributed by atoms with van der Waals surface area (Å²) in [5, 5.41) is 4.82. The molecule has 1 heterocycles. The maximum atomic E-state index is 11.6. The fourth-order valence-corrected chi connectivity index (χ4v) is 2.13. The normalized spacial score (nSPS) is 16.8. The number of nitrogens with one attached hydrogen (secondary N) is 2. The molecule has 1 fully saturated rings. The zero-order valence-electron chi connectivity index (χ0n) is 9.07. The van der Waals surface area contributed by atoms with Crippen LogP contribution in [0.15, 0.2) is 0 Å². The molecule has 5 nitrogen and oxygen atoms in total. The fourth-order valence-electron chi connectivity index (χ4n) is 1.46. The molecule has 0 aromatic rings. The molecule has 88 valence electrons. The molecule has 1 saturated heterocycles. The molecule has 0 unspecified atom stereocenters. The van der Waals surface area contributed by atoms with E-state index in [-0.39, 0.29) is 5.11 Å². The van der Waals surface area contributed by atoms with Gasteiger partial charge in [0.25, 0.3) is 0 Å². The number of hydrogen-bond donors (Lipinski definition) is 2. The Morgan fingerprint density at radius 1 is 1.25 bits per heavy atom. The third-order valence-electron chi connectivity index (χ3n) is 2.32. The van der Waals surface area contributed by atoms with Gasteiger partial charge in [0.05, 0.1) is 0 Å². The van der Waals surface area contributed by atoms with E-state index >= 15 is 0 Å². The average molecular weight is 259 g/mol. The molecule has 2 N–H and O–H groups in total. The van der Waals surface area contributed by atoms with Crippen LogP contribution in [0.1, 0.15) is 13.8 Å². The van der Waals surface area contributed by atoms with Gasteiger partial charge in [-0.25, -0.2) is 0 Å². The van der Waals surface area contributed by atoms with E-state index in [2.05, 4.69) is 10.6 Å². The van der Waals surface area contributed by atoms with Crippen molar-refractivity contribution in [2.45, 2.75) is 13.8 Å². The molecule has 0 spiro atoms. The number of carbonyl (C=O) groups is 2. The molecule has 7 heteroatoms. The molecule has 0 aromatic carbocycles. The van der Waals surface area contributed by atoms with Crippen LogP contribution in [0.25, 0.3) is 0 Å². The van der Waals surface area contributed by atoms with Gasteiger partial charge in [-0.1, -0.05) is 12.2 Å². The van der Waals surface area contributed by atoms with Crippen LogP contribution in [0.2, 0.25) is 0 Å². The molecule has 1 aliphatic rings. The van der Waals surface area contributed by atoms with E-state index in [1.807, 2.05) is 13.8 Å². The first-order valence-electron chi connectivity index (χ1n) is 4.95. The van der Waals surface area contributed by atoms with Crippen LogP contribution in [-0.4, -0.2) is 39.9 Å². The molecule has 0 saturated carbocycles. The summed E-state index contributed by atoms with van der Waals surface area (Å²) < 4.78 is 0. The van der Waals surface area contributed by atoms with E-state index < -0.39 is 17.7 Å². The van der Waals surface area contributed by atoms with Crippen LogP contribution in [0.3, 0.4) is 0 Å². The molecular weight excluding hydrogens is 246 g/mol. The van der Waals surface area contributed by atoms with Crippen molar-refractivity contribution in [3.05, 3.63) is 0 Å². The predicted molar refractivity (Wildman–Crippen MR) is 67.9 cm³/mol. The van der Waals surface area contributed by atoms with Crippen molar-refractivity contribution < 1.29 is 9.59 Å².